The second kappa shape index (κ2) is 6.48. The Balaban J connectivity index is 2.50. The van der Waals surface area contributed by atoms with E-state index in [9.17, 15) is 4.79 Å². The van der Waals surface area contributed by atoms with Gasteiger partial charge in [0.1, 0.15) is 11.5 Å². The van der Waals surface area contributed by atoms with Crippen LogP contribution in [0.25, 0.3) is 0 Å². The predicted molar refractivity (Wildman–Crippen MR) is 80.8 cm³/mol. The van der Waals surface area contributed by atoms with E-state index in [1.165, 1.54) is 7.11 Å². The SMILES string of the molecule is COC(=O)CC1(c2cc(OC)cc(OC)c2)C=CCC=C1. The molecule has 0 unspecified atom stereocenters. The zero-order valence-corrected chi connectivity index (χ0v) is 12.6. The van der Waals surface area contributed by atoms with Crippen LogP contribution in [0.4, 0.5) is 0 Å². The molecule has 1 aromatic carbocycles. The van der Waals surface area contributed by atoms with Crippen molar-refractivity contribution in [3.05, 3.63) is 48.1 Å². The van der Waals surface area contributed by atoms with Crippen LogP contribution >= 0.6 is 0 Å². The number of carbonyl (C=O) groups is 1. The van der Waals surface area contributed by atoms with Crippen LogP contribution in [-0.2, 0) is 14.9 Å². The number of hydrogen-bond donors (Lipinski definition) is 0. The number of rotatable bonds is 5. The molecule has 0 saturated carbocycles. The van der Waals surface area contributed by atoms with Crippen LogP contribution in [-0.4, -0.2) is 27.3 Å². The molecule has 0 heterocycles. The van der Waals surface area contributed by atoms with Gasteiger partial charge in [0.25, 0.3) is 0 Å². The zero-order chi connectivity index (χ0) is 15.3. The van der Waals surface area contributed by atoms with E-state index in [0.29, 0.717) is 11.5 Å². The predicted octanol–water partition coefficient (Wildman–Crippen LogP) is 3.02. The molecule has 4 nitrogen and oxygen atoms in total. The molecule has 1 aliphatic carbocycles. The van der Waals surface area contributed by atoms with E-state index >= 15 is 0 Å². The van der Waals surface area contributed by atoms with Crippen LogP contribution < -0.4 is 9.47 Å². The molecule has 21 heavy (non-hydrogen) atoms. The standard InChI is InChI=1S/C17H20O4/c1-19-14-9-13(10-15(11-14)20-2)17(12-16(18)21-3)7-5-4-6-8-17/h5-11H,4,12H2,1-3H3. The van der Waals surface area contributed by atoms with Crippen LogP contribution in [0.5, 0.6) is 11.5 Å². The van der Waals surface area contributed by atoms with Crippen LogP contribution in [0, 0.1) is 0 Å². The molecule has 4 heteroatoms. The van der Waals surface area contributed by atoms with E-state index in [2.05, 4.69) is 12.2 Å². The molecule has 0 bridgehead atoms. The first-order valence-electron chi connectivity index (χ1n) is 6.79. The summed E-state index contributed by atoms with van der Waals surface area (Å²) in [7, 11) is 4.62. The van der Waals surface area contributed by atoms with Crippen molar-refractivity contribution in [2.75, 3.05) is 21.3 Å². The Bertz CT molecular complexity index is 538. The maximum atomic E-state index is 11.8. The van der Waals surface area contributed by atoms with Gasteiger partial charge in [-0.1, -0.05) is 24.3 Å². The second-order valence-electron chi connectivity index (χ2n) is 4.94. The highest BCUT2D eigenvalue weighted by molar-refractivity contribution is 5.73. The van der Waals surface area contributed by atoms with E-state index in [4.69, 9.17) is 14.2 Å². The molecule has 0 atom stereocenters. The number of ether oxygens (including phenoxy) is 3. The lowest BCUT2D eigenvalue weighted by Gasteiger charge is -2.29. The van der Waals surface area contributed by atoms with Gasteiger partial charge in [-0.2, -0.15) is 0 Å². The van der Waals surface area contributed by atoms with Gasteiger partial charge >= 0.3 is 5.97 Å². The molecule has 0 aliphatic heterocycles. The third kappa shape index (κ3) is 3.27. The zero-order valence-electron chi connectivity index (χ0n) is 12.6. The lowest BCUT2D eigenvalue weighted by molar-refractivity contribution is -0.141. The normalized spacial score (nSPS) is 15.6. The van der Waals surface area contributed by atoms with Gasteiger partial charge in [0.15, 0.2) is 0 Å². The van der Waals surface area contributed by atoms with E-state index in [1.807, 2.05) is 30.4 Å². The number of carbonyl (C=O) groups excluding carboxylic acids is 1. The minimum atomic E-state index is -0.521. The van der Waals surface area contributed by atoms with Crippen molar-refractivity contribution >= 4 is 5.97 Å². The largest absolute Gasteiger partial charge is 0.497 e. The van der Waals surface area contributed by atoms with Gasteiger partial charge in [0, 0.05) is 11.5 Å². The van der Waals surface area contributed by atoms with Gasteiger partial charge in [0.05, 0.1) is 27.8 Å². The topological polar surface area (TPSA) is 44.8 Å². The van der Waals surface area contributed by atoms with Crippen LogP contribution in [0.15, 0.2) is 42.5 Å². The Morgan fingerprint density at radius 3 is 2.10 bits per heavy atom. The molecule has 1 aromatic rings. The van der Waals surface area contributed by atoms with Gasteiger partial charge < -0.3 is 14.2 Å². The highest BCUT2D eigenvalue weighted by Crippen LogP contribution is 2.38. The Morgan fingerprint density at radius 2 is 1.62 bits per heavy atom. The smallest absolute Gasteiger partial charge is 0.307 e. The van der Waals surface area contributed by atoms with Gasteiger partial charge in [-0.25, -0.2) is 0 Å². The maximum absolute atomic E-state index is 11.8. The average molecular weight is 288 g/mol. The summed E-state index contributed by atoms with van der Waals surface area (Å²) < 4.78 is 15.5. The van der Waals surface area contributed by atoms with Crippen LogP contribution in [0.1, 0.15) is 18.4 Å². The second-order valence-corrected chi connectivity index (χ2v) is 4.94. The van der Waals surface area contributed by atoms with Gasteiger partial charge in [-0.3, -0.25) is 4.79 Å². The molecule has 112 valence electrons. The summed E-state index contributed by atoms with van der Waals surface area (Å²) in [4.78, 5) is 11.8. The fourth-order valence-electron chi connectivity index (χ4n) is 2.49. The van der Waals surface area contributed by atoms with Crippen molar-refractivity contribution in [2.24, 2.45) is 0 Å². The summed E-state index contributed by atoms with van der Waals surface area (Å²) in [6.45, 7) is 0. The number of allylic oxidation sites excluding steroid dienone is 4. The van der Waals surface area contributed by atoms with Crippen molar-refractivity contribution < 1.29 is 19.0 Å². The highest BCUT2D eigenvalue weighted by atomic mass is 16.5. The first-order valence-corrected chi connectivity index (χ1v) is 6.79. The first-order chi connectivity index (χ1) is 10.1. The van der Waals surface area contributed by atoms with Crippen LogP contribution in [0.2, 0.25) is 0 Å². The quantitative estimate of drug-likeness (QED) is 0.617. The molecule has 0 N–H and O–H groups in total. The Hall–Kier alpha value is -2.23. The Morgan fingerprint density at radius 1 is 1.05 bits per heavy atom. The summed E-state index contributed by atoms with van der Waals surface area (Å²) in [6, 6.07) is 5.66. The van der Waals surface area contributed by atoms with Gasteiger partial charge in [-0.15, -0.1) is 0 Å². The van der Waals surface area contributed by atoms with Crippen molar-refractivity contribution in [1.82, 2.24) is 0 Å². The molecule has 1 aliphatic rings. The van der Waals surface area contributed by atoms with Crippen molar-refractivity contribution in [3.63, 3.8) is 0 Å². The summed E-state index contributed by atoms with van der Waals surface area (Å²) in [6.07, 6.45) is 9.29. The van der Waals surface area contributed by atoms with Crippen molar-refractivity contribution in [3.8, 4) is 11.5 Å². The number of esters is 1. The molecule has 0 amide bonds. The Kier molecular flexibility index (Phi) is 4.68. The van der Waals surface area contributed by atoms with Gasteiger partial charge in [0.2, 0.25) is 0 Å². The highest BCUT2D eigenvalue weighted by Gasteiger charge is 2.32. The monoisotopic (exact) mass is 288 g/mol. The first kappa shape index (κ1) is 15.2. The molecular formula is C17H20O4. The molecule has 0 aromatic heterocycles. The minimum absolute atomic E-state index is 0.243. The molecule has 2 rings (SSSR count). The summed E-state index contributed by atoms with van der Waals surface area (Å²) in [5.74, 6) is 1.13. The molecule has 0 radical (unpaired) electrons. The minimum Gasteiger partial charge on any atom is -0.497 e. The lowest BCUT2D eigenvalue weighted by atomic mass is 9.75. The van der Waals surface area contributed by atoms with Crippen molar-refractivity contribution in [1.29, 1.82) is 0 Å². The summed E-state index contributed by atoms with van der Waals surface area (Å²) in [5.41, 5.74) is 0.420. The summed E-state index contributed by atoms with van der Waals surface area (Å²) in [5, 5.41) is 0. The number of benzene rings is 1. The van der Waals surface area contributed by atoms with E-state index < -0.39 is 5.41 Å². The van der Waals surface area contributed by atoms with E-state index in [-0.39, 0.29) is 12.4 Å². The van der Waals surface area contributed by atoms with Crippen molar-refractivity contribution in [2.45, 2.75) is 18.3 Å². The Labute approximate surface area is 125 Å². The van der Waals surface area contributed by atoms with E-state index in [0.717, 1.165) is 12.0 Å². The summed E-state index contributed by atoms with van der Waals surface area (Å²) >= 11 is 0. The maximum Gasteiger partial charge on any atom is 0.307 e. The lowest BCUT2D eigenvalue weighted by Crippen LogP contribution is -2.27. The molecule has 0 saturated heterocycles. The fourth-order valence-corrected chi connectivity index (χ4v) is 2.49. The third-order valence-corrected chi connectivity index (χ3v) is 3.66. The fraction of sp³-hybridized carbons (Fsp3) is 0.353. The molecule has 0 spiro atoms. The third-order valence-electron chi connectivity index (χ3n) is 3.66. The average Bonchev–Trinajstić information content (AvgIpc) is 2.54. The molecular weight excluding hydrogens is 268 g/mol. The van der Waals surface area contributed by atoms with Gasteiger partial charge in [-0.05, 0) is 24.1 Å². The number of methoxy groups -OCH3 is 3. The van der Waals surface area contributed by atoms with E-state index in [1.54, 1.807) is 14.2 Å². The van der Waals surface area contributed by atoms with Crippen LogP contribution in [0.3, 0.4) is 0 Å². The number of hydrogen-bond acceptors (Lipinski definition) is 4. The molecule has 0 fully saturated rings.